The van der Waals surface area contributed by atoms with E-state index in [0.717, 1.165) is 22.1 Å². The Balaban J connectivity index is 1.28. The highest BCUT2D eigenvalue weighted by Crippen LogP contribution is 2.34. The molecule has 28 heavy (non-hydrogen) atoms. The van der Waals surface area contributed by atoms with Gasteiger partial charge in [0.05, 0.1) is 36.2 Å². The van der Waals surface area contributed by atoms with Crippen LogP contribution in [0.3, 0.4) is 0 Å². The van der Waals surface area contributed by atoms with Crippen molar-refractivity contribution in [2.45, 2.75) is 24.3 Å². The molecule has 2 aliphatic heterocycles. The molecule has 146 valence electrons. The van der Waals surface area contributed by atoms with Crippen LogP contribution in [0.4, 0.5) is 5.69 Å². The standard InChI is InChI=1S/C19H20N4O3S2/c24-18(21-10-15-3-1-2-8-20-15)9-13-4-6-14(7-5-13)22-19-23-16-11-28(25,26)12-17(16)27-19/h1-8,16-17H,9-12H2,(H,21,24)(H,22,23)/t16-,17+/m0/s1. The van der Waals surface area contributed by atoms with Gasteiger partial charge in [-0.05, 0) is 29.8 Å². The molecule has 1 amide bonds. The minimum absolute atomic E-state index is 0.0228. The average Bonchev–Trinajstić information content (AvgIpc) is 3.15. The van der Waals surface area contributed by atoms with Crippen molar-refractivity contribution in [2.24, 2.45) is 4.99 Å². The lowest BCUT2D eigenvalue weighted by atomic mass is 10.1. The average molecular weight is 417 g/mol. The first-order chi connectivity index (χ1) is 13.5. The smallest absolute Gasteiger partial charge is 0.224 e. The Hall–Kier alpha value is -2.39. The Bertz CT molecular complexity index is 992. The van der Waals surface area contributed by atoms with Crippen LogP contribution >= 0.6 is 11.8 Å². The van der Waals surface area contributed by atoms with Gasteiger partial charge in [-0.2, -0.15) is 0 Å². The molecule has 1 aromatic carbocycles. The van der Waals surface area contributed by atoms with Crippen LogP contribution in [0.1, 0.15) is 11.3 Å². The molecule has 1 aromatic heterocycles. The number of rotatable bonds is 5. The van der Waals surface area contributed by atoms with Gasteiger partial charge >= 0.3 is 0 Å². The zero-order chi connectivity index (χ0) is 19.6. The molecule has 2 N–H and O–H groups in total. The molecule has 9 heteroatoms. The summed E-state index contributed by atoms with van der Waals surface area (Å²) in [7, 11) is -2.94. The van der Waals surface area contributed by atoms with Crippen LogP contribution in [0.25, 0.3) is 0 Å². The summed E-state index contributed by atoms with van der Waals surface area (Å²) >= 11 is 1.49. The van der Waals surface area contributed by atoms with Crippen LogP contribution in [-0.2, 0) is 27.6 Å². The number of pyridine rings is 1. The molecule has 3 heterocycles. The van der Waals surface area contributed by atoms with Crippen LogP contribution in [-0.4, -0.2) is 47.3 Å². The van der Waals surface area contributed by atoms with E-state index in [1.807, 2.05) is 42.5 Å². The van der Waals surface area contributed by atoms with Crippen LogP contribution in [0.15, 0.2) is 53.7 Å². The van der Waals surface area contributed by atoms with Crippen molar-refractivity contribution in [3.63, 3.8) is 0 Å². The number of anilines is 1. The van der Waals surface area contributed by atoms with Crippen LogP contribution in [0.2, 0.25) is 0 Å². The van der Waals surface area contributed by atoms with E-state index in [2.05, 4.69) is 20.6 Å². The Kier molecular flexibility index (Phi) is 5.36. The molecule has 4 rings (SSSR count). The van der Waals surface area contributed by atoms with E-state index in [9.17, 15) is 13.2 Å². The zero-order valence-corrected chi connectivity index (χ0v) is 16.7. The summed E-state index contributed by atoms with van der Waals surface area (Å²) in [5.41, 5.74) is 2.60. The number of carbonyl (C=O) groups excluding carboxylic acids is 1. The fourth-order valence-corrected chi connectivity index (χ4v) is 6.86. The van der Waals surface area contributed by atoms with Gasteiger partial charge in [0.1, 0.15) is 0 Å². The first-order valence-electron chi connectivity index (χ1n) is 8.94. The molecule has 2 aliphatic rings. The first kappa shape index (κ1) is 18.9. The maximum Gasteiger partial charge on any atom is 0.224 e. The number of nitrogens with one attached hydrogen (secondary N) is 2. The maximum absolute atomic E-state index is 12.1. The van der Waals surface area contributed by atoms with Crippen LogP contribution < -0.4 is 10.6 Å². The number of amides is 1. The normalized spacial score (nSPS) is 22.4. The summed E-state index contributed by atoms with van der Waals surface area (Å²) in [5, 5.41) is 6.87. The number of sulfone groups is 1. The van der Waals surface area contributed by atoms with Crippen molar-refractivity contribution < 1.29 is 13.2 Å². The van der Waals surface area contributed by atoms with Gasteiger partial charge in [-0.3, -0.25) is 14.8 Å². The maximum atomic E-state index is 12.1. The molecule has 0 spiro atoms. The van der Waals surface area contributed by atoms with Gasteiger partial charge in [0.25, 0.3) is 0 Å². The van der Waals surface area contributed by atoms with Gasteiger partial charge < -0.3 is 10.6 Å². The second kappa shape index (κ2) is 7.92. The zero-order valence-electron chi connectivity index (χ0n) is 15.0. The molecule has 7 nitrogen and oxygen atoms in total. The molecule has 2 aromatic rings. The van der Waals surface area contributed by atoms with Crippen molar-refractivity contribution in [1.29, 1.82) is 0 Å². The van der Waals surface area contributed by atoms with Crippen LogP contribution in [0.5, 0.6) is 0 Å². The third kappa shape index (κ3) is 4.71. The van der Waals surface area contributed by atoms with Gasteiger partial charge in [0, 0.05) is 17.1 Å². The summed E-state index contributed by atoms with van der Waals surface area (Å²) in [6, 6.07) is 13.0. The summed E-state index contributed by atoms with van der Waals surface area (Å²) in [6.07, 6.45) is 2.00. The molecule has 0 bridgehead atoms. The van der Waals surface area contributed by atoms with Gasteiger partial charge in [-0.15, -0.1) is 0 Å². The number of nitrogens with zero attached hydrogens (tertiary/aromatic N) is 2. The molecule has 0 aliphatic carbocycles. The van der Waals surface area contributed by atoms with E-state index in [0.29, 0.717) is 13.0 Å². The lowest BCUT2D eigenvalue weighted by Gasteiger charge is -2.08. The van der Waals surface area contributed by atoms with E-state index < -0.39 is 9.84 Å². The van der Waals surface area contributed by atoms with E-state index in [1.165, 1.54) is 11.8 Å². The van der Waals surface area contributed by atoms with Crippen molar-refractivity contribution in [1.82, 2.24) is 10.3 Å². The first-order valence-corrected chi connectivity index (χ1v) is 11.6. The summed E-state index contributed by atoms with van der Waals surface area (Å²) in [6.45, 7) is 0.411. The monoisotopic (exact) mass is 416 g/mol. The Morgan fingerprint density at radius 2 is 1.96 bits per heavy atom. The van der Waals surface area contributed by atoms with Crippen molar-refractivity contribution in [3.05, 3.63) is 59.9 Å². The highest BCUT2D eigenvalue weighted by molar-refractivity contribution is 8.15. The second-order valence-corrected chi connectivity index (χ2v) is 10.2. The van der Waals surface area contributed by atoms with Crippen molar-refractivity contribution in [2.75, 3.05) is 16.8 Å². The number of fused-ring (bicyclic) bond motifs is 1. The van der Waals surface area contributed by atoms with Gasteiger partial charge in [0.2, 0.25) is 5.91 Å². The third-order valence-corrected chi connectivity index (χ3v) is 7.72. The fourth-order valence-electron chi connectivity index (χ4n) is 3.19. The quantitative estimate of drug-likeness (QED) is 0.768. The lowest BCUT2D eigenvalue weighted by molar-refractivity contribution is -0.120. The second-order valence-electron chi connectivity index (χ2n) is 6.83. The topological polar surface area (TPSA) is 101 Å². The molecule has 1 saturated heterocycles. The van der Waals surface area contributed by atoms with Gasteiger partial charge in [-0.1, -0.05) is 30.0 Å². The number of carbonyl (C=O) groups is 1. The lowest BCUT2D eigenvalue weighted by Crippen LogP contribution is -2.24. The Morgan fingerprint density at radius 3 is 2.68 bits per heavy atom. The summed E-state index contributed by atoms with van der Waals surface area (Å²) in [5.74, 6) is 0.280. The van der Waals surface area contributed by atoms with E-state index in [1.54, 1.807) is 6.20 Å². The molecule has 0 radical (unpaired) electrons. The van der Waals surface area contributed by atoms with Gasteiger partial charge in [-0.25, -0.2) is 8.42 Å². The molecular weight excluding hydrogens is 396 g/mol. The third-order valence-electron chi connectivity index (χ3n) is 4.58. The van der Waals surface area contributed by atoms with E-state index in [4.69, 9.17) is 0 Å². The highest BCUT2D eigenvalue weighted by atomic mass is 32.2. The predicted octanol–water partition coefficient (Wildman–Crippen LogP) is 1.62. The van der Waals surface area contributed by atoms with Crippen molar-refractivity contribution >= 4 is 38.4 Å². The number of hydrogen-bond donors (Lipinski definition) is 2. The number of amidine groups is 1. The minimum atomic E-state index is -2.94. The largest absolute Gasteiger partial charge is 0.350 e. The fraction of sp³-hybridized carbons (Fsp3) is 0.316. The molecule has 0 saturated carbocycles. The van der Waals surface area contributed by atoms with Gasteiger partial charge in [0.15, 0.2) is 15.0 Å². The highest BCUT2D eigenvalue weighted by Gasteiger charge is 2.42. The predicted molar refractivity (Wildman–Crippen MR) is 111 cm³/mol. The molecule has 0 unspecified atom stereocenters. The molecule has 1 fully saturated rings. The summed E-state index contributed by atoms with van der Waals surface area (Å²) in [4.78, 5) is 20.7. The number of hydrogen-bond acceptors (Lipinski definition) is 7. The number of aromatic nitrogens is 1. The Morgan fingerprint density at radius 1 is 1.14 bits per heavy atom. The Labute approximate surface area is 168 Å². The molecule has 2 atom stereocenters. The van der Waals surface area contributed by atoms with E-state index in [-0.39, 0.29) is 28.7 Å². The van der Waals surface area contributed by atoms with E-state index >= 15 is 0 Å². The summed E-state index contributed by atoms with van der Waals surface area (Å²) < 4.78 is 23.2. The molecular formula is C19H20N4O3S2. The number of aliphatic imine (C=N–C) groups is 1. The minimum Gasteiger partial charge on any atom is -0.350 e. The number of benzene rings is 1. The van der Waals surface area contributed by atoms with Crippen LogP contribution in [0, 0.1) is 0 Å². The number of thioether (sulfide) groups is 1. The van der Waals surface area contributed by atoms with Crippen molar-refractivity contribution in [3.8, 4) is 0 Å². The SMILES string of the molecule is O=C(Cc1ccc(NC2=N[C@H]3CS(=O)(=O)C[C@H]3S2)cc1)NCc1ccccn1.